The van der Waals surface area contributed by atoms with Crippen LogP contribution in [0.15, 0.2) is 12.1 Å². The van der Waals surface area contributed by atoms with Crippen LogP contribution in [-0.2, 0) is 6.42 Å². The molecule has 0 saturated carbocycles. The van der Waals surface area contributed by atoms with Crippen molar-refractivity contribution in [3.8, 4) is 0 Å². The number of carbonyl (C=O) groups is 1. The molecule has 1 aromatic rings. The van der Waals surface area contributed by atoms with Crippen molar-refractivity contribution in [3.63, 3.8) is 0 Å². The van der Waals surface area contributed by atoms with E-state index in [2.05, 4.69) is 11.9 Å². The Morgan fingerprint density at radius 1 is 1.58 bits per heavy atom. The van der Waals surface area contributed by atoms with Gasteiger partial charge in [-0.05, 0) is 30.9 Å². The largest absolute Gasteiger partial charge is 0.394 e. The van der Waals surface area contributed by atoms with E-state index < -0.39 is 0 Å². The molecule has 4 nitrogen and oxygen atoms in total. The first-order valence-corrected chi connectivity index (χ1v) is 7.03. The van der Waals surface area contributed by atoms with Gasteiger partial charge in [-0.3, -0.25) is 4.79 Å². The summed E-state index contributed by atoms with van der Waals surface area (Å²) in [7, 11) is 0. The van der Waals surface area contributed by atoms with Gasteiger partial charge >= 0.3 is 0 Å². The molecule has 104 valence electrons. The quantitative estimate of drug-likeness (QED) is 0.864. The van der Waals surface area contributed by atoms with E-state index in [1.807, 2.05) is 6.92 Å². The molecule has 2 unspecified atom stereocenters. The second kappa shape index (κ2) is 5.88. The number of aliphatic hydroxyl groups excluding tert-OH is 1. The first-order valence-electron chi connectivity index (χ1n) is 6.65. The molecule has 2 rings (SSSR count). The molecule has 1 N–H and O–H groups in total. The van der Waals surface area contributed by atoms with E-state index in [-0.39, 0.29) is 18.6 Å². The summed E-state index contributed by atoms with van der Waals surface area (Å²) in [6.07, 6.45) is 1.66. The Morgan fingerprint density at radius 2 is 2.32 bits per heavy atom. The van der Waals surface area contributed by atoms with Crippen LogP contribution in [-0.4, -0.2) is 40.1 Å². The van der Waals surface area contributed by atoms with E-state index in [1.165, 1.54) is 0 Å². The molecule has 1 fully saturated rings. The van der Waals surface area contributed by atoms with Crippen molar-refractivity contribution in [2.45, 2.75) is 32.7 Å². The molecular weight excluding hydrogens is 264 g/mol. The van der Waals surface area contributed by atoms with Crippen LogP contribution in [0.25, 0.3) is 0 Å². The fourth-order valence-electron chi connectivity index (χ4n) is 2.56. The first kappa shape index (κ1) is 14.3. The Kier molecular flexibility index (Phi) is 4.42. The van der Waals surface area contributed by atoms with E-state index in [4.69, 9.17) is 11.6 Å². The number of hydrogen-bond acceptors (Lipinski definition) is 3. The summed E-state index contributed by atoms with van der Waals surface area (Å²) in [4.78, 5) is 18.4. The van der Waals surface area contributed by atoms with Gasteiger partial charge in [0.1, 0.15) is 5.15 Å². The minimum absolute atomic E-state index is 0.00631. The van der Waals surface area contributed by atoms with Gasteiger partial charge in [-0.15, -0.1) is 0 Å². The van der Waals surface area contributed by atoms with E-state index >= 15 is 0 Å². The predicted molar refractivity (Wildman–Crippen MR) is 74.3 cm³/mol. The van der Waals surface area contributed by atoms with Crippen molar-refractivity contribution in [3.05, 3.63) is 28.5 Å². The second-order valence-corrected chi connectivity index (χ2v) is 5.43. The van der Waals surface area contributed by atoms with Gasteiger partial charge in [0, 0.05) is 17.8 Å². The van der Waals surface area contributed by atoms with Gasteiger partial charge in [0.15, 0.2) is 0 Å². The summed E-state index contributed by atoms with van der Waals surface area (Å²) in [5.74, 6) is 0.263. The number of likely N-dealkylation sites (tertiary alicyclic amines) is 1. The lowest BCUT2D eigenvalue weighted by Crippen LogP contribution is -2.39. The van der Waals surface area contributed by atoms with Crippen molar-refractivity contribution >= 4 is 17.5 Å². The summed E-state index contributed by atoms with van der Waals surface area (Å²) in [6.45, 7) is 4.73. The Labute approximate surface area is 118 Å². The number of hydrogen-bond donors (Lipinski definition) is 1. The Morgan fingerprint density at radius 3 is 2.95 bits per heavy atom. The molecular formula is C14H19ClN2O2. The van der Waals surface area contributed by atoms with Crippen LogP contribution < -0.4 is 0 Å². The van der Waals surface area contributed by atoms with Crippen molar-refractivity contribution in [2.75, 3.05) is 13.2 Å². The number of pyridine rings is 1. The first-order chi connectivity index (χ1) is 9.06. The van der Waals surface area contributed by atoms with Gasteiger partial charge in [-0.2, -0.15) is 0 Å². The van der Waals surface area contributed by atoms with Crippen LogP contribution >= 0.6 is 11.6 Å². The second-order valence-electron chi connectivity index (χ2n) is 5.04. The Balaban J connectivity index is 2.26. The highest BCUT2D eigenvalue weighted by Crippen LogP contribution is 2.26. The molecule has 0 spiro atoms. The highest BCUT2D eigenvalue weighted by atomic mass is 35.5. The average Bonchev–Trinajstić information content (AvgIpc) is 2.78. The van der Waals surface area contributed by atoms with E-state index in [1.54, 1.807) is 17.0 Å². The van der Waals surface area contributed by atoms with Crippen LogP contribution in [0, 0.1) is 5.92 Å². The van der Waals surface area contributed by atoms with Gasteiger partial charge < -0.3 is 10.0 Å². The molecule has 2 heterocycles. The van der Waals surface area contributed by atoms with Crippen LogP contribution in [0.1, 0.15) is 36.3 Å². The Hall–Kier alpha value is -1.13. The molecule has 1 aliphatic heterocycles. The maximum atomic E-state index is 12.5. The molecule has 2 atom stereocenters. The SMILES string of the molecule is CCc1cc(C(=O)N2CCC(C)C2CO)cc(Cl)n1. The monoisotopic (exact) mass is 282 g/mol. The van der Waals surface area contributed by atoms with Gasteiger partial charge in [0.05, 0.1) is 12.6 Å². The fraction of sp³-hybridized carbons (Fsp3) is 0.571. The van der Waals surface area contributed by atoms with Crippen LogP contribution in [0.3, 0.4) is 0 Å². The summed E-state index contributed by atoms with van der Waals surface area (Å²) in [5.41, 5.74) is 1.37. The minimum Gasteiger partial charge on any atom is -0.394 e. The maximum absolute atomic E-state index is 12.5. The highest BCUT2D eigenvalue weighted by Gasteiger charge is 2.34. The molecule has 0 bridgehead atoms. The fourth-order valence-corrected chi connectivity index (χ4v) is 2.79. The van der Waals surface area contributed by atoms with Gasteiger partial charge in [-0.25, -0.2) is 4.98 Å². The molecule has 0 radical (unpaired) electrons. The molecule has 1 aromatic heterocycles. The van der Waals surface area contributed by atoms with E-state index in [0.29, 0.717) is 23.2 Å². The normalized spacial score (nSPS) is 22.8. The molecule has 1 aliphatic rings. The predicted octanol–water partition coefficient (Wildman–Crippen LogP) is 2.14. The number of aryl methyl sites for hydroxylation is 1. The van der Waals surface area contributed by atoms with Crippen molar-refractivity contribution in [1.29, 1.82) is 0 Å². The summed E-state index contributed by atoms with van der Waals surface area (Å²) >= 11 is 5.95. The lowest BCUT2D eigenvalue weighted by molar-refractivity contribution is 0.0648. The minimum atomic E-state index is -0.0930. The van der Waals surface area contributed by atoms with Crippen molar-refractivity contribution in [2.24, 2.45) is 5.92 Å². The van der Waals surface area contributed by atoms with Gasteiger partial charge in [-0.1, -0.05) is 25.4 Å². The number of carbonyl (C=O) groups excluding carboxylic acids is 1. The van der Waals surface area contributed by atoms with E-state index in [9.17, 15) is 9.90 Å². The average molecular weight is 283 g/mol. The van der Waals surface area contributed by atoms with Crippen molar-refractivity contribution < 1.29 is 9.90 Å². The third-order valence-electron chi connectivity index (χ3n) is 3.79. The summed E-state index contributed by atoms with van der Waals surface area (Å²) < 4.78 is 0. The zero-order valence-electron chi connectivity index (χ0n) is 11.3. The molecule has 5 heteroatoms. The smallest absolute Gasteiger partial charge is 0.254 e. The third-order valence-corrected chi connectivity index (χ3v) is 3.98. The number of aliphatic hydroxyl groups is 1. The molecule has 19 heavy (non-hydrogen) atoms. The molecule has 1 saturated heterocycles. The third kappa shape index (κ3) is 2.90. The molecule has 1 amide bonds. The zero-order chi connectivity index (χ0) is 14.0. The van der Waals surface area contributed by atoms with Gasteiger partial charge in [0.25, 0.3) is 5.91 Å². The van der Waals surface area contributed by atoms with Gasteiger partial charge in [0.2, 0.25) is 0 Å². The number of halogens is 1. The number of rotatable bonds is 3. The van der Waals surface area contributed by atoms with Crippen molar-refractivity contribution in [1.82, 2.24) is 9.88 Å². The van der Waals surface area contributed by atoms with Crippen LogP contribution in [0.2, 0.25) is 5.15 Å². The maximum Gasteiger partial charge on any atom is 0.254 e. The molecule has 0 aliphatic carbocycles. The molecule has 0 aromatic carbocycles. The van der Waals surface area contributed by atoms with E-state index in [0.717, 1.165) is 18.5 Å². The van der Waals surface area contributed by atoms with Crippen LogP contribution in [0.5, 0.6) is 0 Å². The highest BCUT2D eigenvalue weighted by molar-refractivity contribution is 6.29. The number of nitrogens with zero attached hydrogens (tertiary/aromatic N) is 2. The topological polar surface area (TPSA) is 53.4 Å². The standard InChI is InChI=1S/C14H19ClN2O2/c1-3-11-6-10(7-13(15)16-11)14(19)17-5-4-9(2)12(17)8-18/h6-7,9,12,18H,3-5,8H2,1-2H3. The Bertz CT molecular complexity index is 479. The zero-order valence-corrected chi connectivity index (χ0v) is 12.0. The summed E-state index contributed by atoms with van der Waals surface area (Å²) in [5, 5.41) is 9.77. The lowest BCUT2D eigenvalue weighted by atomic mass is 10.0. The number of amides is 1. The van der Waals surface area contributed by atoms with Crippen LogP contribution in [0.4, 0.5) is 0 Å². The number of aromatic nitrogens is 1. The lowest BCUT2D eigenvalue weighted by Gasteiger charge is -2.25. The summed E-state index contributed by atoms with van der Waals surface area (Å²) in [6, 6.07) is 3.29.